The van der Waals surface area contributed by atoms with Gasteiger partial charge in [-0.15, -0.1) is 11.3 Å². The molecule has 1 aromatic heterocycles. The van der Waals surface area contributed by atoms with E-state index in [4.69, 9.17) is 11.6 Å². The molecule has 3 aromatic rings. The third-order valence-electron chi connectivity index (χ3n) is 6.03. The molecule has 0 spiro atoms. The number of fused-ring (bicyclic) bond motifs is 2. The number of urea groups is 1. The number of piperidine rings is 1. The Bertz CT molecular complexity index is 1480. The quantitative estimate of drug-likeness (QED) is 0.446. The minimum absolute atomic E-state index is 0.0352. The number of rotatable bonds is 4. The van der Waals surface area contributed by atoms with Gasteiger partial charge >= 0.3 is 6.03 Å². The maximum atomic E-state index is 13.0. The van der Waals surface area contributed by atoms with Crippen LogP contribution in [0, 0.1) is 0 Å². The number of amides is 6. The number of nitrogens with zero attached hydrogens (tertiary/aromatic N) is 2. The lowest BCUT2D eigenvalue weighted by molar-refractivity contribution is -0.136. The predicted molar refractivity (Wildman–Crippen MR) is 133 cm³/mol. The average molecular weight is 526 g/mol. The molecule has 184 valence electrons. The highest BCUT2D eigenvalue weighted by atomic mass is 35.5. The molecule has 2 aromatic carbocycles. The summed E-state index contributed by atoms with van der Waals surface area (Å²) in [6.07, 6.45) is 0.100. The van der Waals surface area contributed by atoms with Crippen molar-refractivity contribution in [2.24, 2.45) is 0 Å². The van der Waals surface area contributed by atoms with Gasteiger partial charge in [-0.3, -0.25) is 29.4 Å². The fraction of sp³-hybridized carbons (Fsp3) is 0.250. The number of aromatic nitrogens is 1. The summed E-state index contributed by atoms with van der Waals surface area (Å²) in [5.41, 5.74) is 0.324. The molecule has 0 saturated carbocycles. The van der Waals surface area contributed by atoms with Gasteiger partial charge in [0.05, 0.1) is 26.4 Å². The maximum absolute atomic E-state index is 13.0. The van der Waals surface area contributed by atoms with Crippen LogP contribution in [0.2, 0.25) is 5.02 Å². The summed E-state index contributed by atoms with van der Waals surface area (Å²) < 4.78 is 0.898. The lowest BCUT2D eigenvalue weighted by Crippen LogP contribution is -2.54. The molecule has 1 unspecified atom stereocenters. The summed E-state index contributed by atoms with van der Waals surface area (Å²) in [6, 6.07) is 8.22. The number of carbonyl (C=O) groups excluding carboxylic acids is 5. The summed E-state index contributed by atoms with van der Waals surface area (Å²) in [5.74, 6) is -2.39. The van der Waals surface area contributed by atoms with Crippen molar-refractivity contribution in [2.75, 3.05) is 5.32 Å². The van der Waals surface area contributed by atoms with E-state index in [2.05, 4.69) is 20.9 Å². The Labute approximate surface area is 214 Å². The number of imide groups is 2. The summed E-state index contributed by atoms with van der Waals surface area (Å²) in [7, 11) is 0. The molecular formula is C24H20ClN5O5S. The van der Waals surface area contributed by atoms with Crippen LogP contribution in [-0.4, -0.2) is 45.6 Å². The first-order valence-electron chi connectivity index (χ1n) is 11.1. The Morgan fingerprint density at radius 3 is 2.61 bits per heavy atom. The van der Waals surface area contributed by atoms with Crippen molar-refractivity contribution in [2.45, 2.75) is 38.3 Å². The standard InChI is InChI=1S/C24H20ClN5O5S/c1-24(2,22-28-18-14(25)4-3-5-16(18)36-22)29-23(35)26-11-6-7-12-13(10-11)21(34)30(20(12)33)15-8-9-17(31)27-19(15)32/h3-7,10,15H,8-9H2,1-2H3,(H2,26,29,35)(H,27,31,32). The lowest BCUT2D eigenvalue weighted by Gasteiger charge is -2.27. The van der Waals surface area contributed by atoms with Crippen LogP contribution in [0.3, 0.4) is 0 Å². The smallest absolute Gasteiger partial charge is 0.319 e. The Morgan fingerprint density at radius 1 is 1.14 bits per heavy atom. The van der Waals surface area contributed by atoms with Crippen LogP contribution in [0.1, 0.15) is 52.4 Å². The first-order valence-corrected chi connectivity index (χ1v) is 12.2. The van der Waals surface area contributed by atoms with E-state index in [9.17, 15) is 24.0 Å². The van der Waals surface area contributed by atoms with E-state index in [1.807, 2.05) is 12.1 Å². The van der Waals surface area contributed by atoms with Crippen LogP contribution in [0.25, 0.3) is 10.2 Å². The Kier molecular flexibility index (Phi) is 5.76. The average Bonchev–Trinajstić information content (AvgIpc) is 3.35. The third-order valence-corrected chi connectivity index (χ3v) is 7.68. The zero-order valence-corrected chi connectivity index (χ0v) is 20.7. The number of nitrogens with one attached hydrogen (secondary N) is 3. The monoisotopic (exact) mass is 525 g/mol. The van der Waals surface area contributed by atoms with E-state index < -0.39 is 41.2 Å². The molecule has 36 heavy (non-hydrogen) atoms. The zero-order chi connectivity index (χ0) is 25.8. The van der Waals surface area contributed by atoms with Crippen molar-refractivity contribution in [1.29, 1.82) is 0 Å². The Hall–Kier alpha value is -3.83. The molecule has 0 aliphatic carbocycles. The van der Waals surface area contributed by atoms with E-state index in [0.29, 0.717) is 21.2 Å². The number of thiazole rings is 1. The number of benzene rings is 2. The molecule has 6 amide bonds. The summed E-state index contributed by atoms with van der Waals surface area (Å²) in [6.45, 7) is 3.61. The van der Waals surface area contributed by atoms with Crippen LogP contribution in [0.4, 0.5) is 10.5 Å². The Morgan fingerprint density at radius 2 is 1.89 bits per heavy atom. The minimum atomic E-state index is -1.06. The molecule has 1 saturated heterocycles. The second-order valence-corrected chi connectivity index (χ2v) is 10.5. The van der Waals surface area contributed by atoms with Gasteiger partial charge in [-0.25, -0.2) is 9.78 Å². The molecule has 5 rings (SSSR count). The molecule has 1 atom stereocenters. The van der Waals surface area contributed by atoms with Gasteiger partial charge in [0, 0.05) is 12.1 Å². The van der Waals surface area contributed by atoms with Crippen LogP contribution < -0.4 is 16.0 Å². The molecule has 10 nitrogen and oxygen atoms in total. The van der Waals surface area contributed by atoms with Gasteiger partial charge in [0.1, 0.15) is 16.6 Å². The van der Waals surface area contributed by atoms with E-state index in [0.717, 1.165) is 9.60 Å². The lowest BCUT2D eigenvalue weighted by atomic mass is 10.0. The minimum Gasteiger partial charge on any atom is -0.326 e. The summed E-state index contributed by atoms with van der Waals surface area (Å²) in [4.78, 5) is 67.7. The fourth-order valence-electron chi connectivity index (χ4n) is 4.23. The van der Waals surface area contributed by atoms with Gasteiger partial charge in [0.25, 0.3) is 11.8 Å². The number of hydrogen-bond acceptors (Lipinski definition) is 7. The fourth-order valence-corrected chi connectivity index (χ4v) is 5.55. The van der Waals surface area contributed by atoms with Gasteiger partial charge < -0.3 is 10.6 Å². The van der Waals surface area contributed by atoms with Crippen LogP contribution in [-0.2, 0) is 15.1 Å². The largest absolute Gasteiger partial charge is 0.326 e. The summed E-state index contributed by atoms with van der Waals surface area (Å²) >= 11 is 7.65. The Balaban J connectivity index is 1.32. The SMILES string of the molecule is CC(C)(NC(=O)Nc1ccc2c(c1)C(=O)N(C1CCC(=O)NC1=O)C2=O)c1nc2c(Cl)cccc2s1. The third kappa shape index (κ3) is 4.10. The summed E-state index contributed by atoms with van der Waals surface area (Å²) in [5, 5.41) is 8.90. The van der Waals surface area contributed by atoms with Crippen molar-refractivity contribution < 1.29 is 24.0 Å². The topological polar surface area (TPSA) is 138 Å². The highest BCUT2D eigenvalue weighted by Gasteiger charge is 2.44. The molecule has 3 heterocycles. The molecule has 12 heteroatoms. The number of carbonyl (C=O) groups is 5. The van der Waals surface area contributed by atoms with Gasteiger partial charge in [-0.2, -0.15) is 0 Å². The van der Waals surface area contributed by atoms with Crippen molar-refractivity contribution >= 4 is 68.5 Å². The highest BCUT2D eigenvalue weighted by Crippen LogP contribution is 2.34. The molecule has 0 radical (unpaired) electrons. The molecular weight excluding hydrogens is 506 g/mol. The number of hydrogen-bond donors (Lipinski definition) is 3. The van der Waals surface area contributed by atoms with Crippen molar-refractivity contribution in [3.8, 4) is 0 Å². The molecule has 3 N–H and O–H groups in total. The van der Waals surface area contributed by atoms with E-state index in [1.165, 1.54) is 29.5 Å². The molecule has 1 fully saturated rings. The zero-order valence-electron chi connectivity index (χ0n) is 19.2. The van der Waals surface area contributed by atoms with Gasteiger partial charge in [-0.05, 0) is 50.6 Å². The molecule has 2 aliphatic rings. The predicted octanol–water partition coefficient (Wildman–Crippen LogP) is 3.41. The second kappa shape index (κ2) is 8.68. The highest BCUT2D eigenvalue weighted by molar-refractivity contribution is 7.18. The molecule has 2 aliphatic heterocycles. The van der Waals surface area contributed by atoms with Crippen LogP contribution >= 0.6 is 22.9 Å². The van der Waals surface area contributed by atoms with E-state index in [1.54, 1.807) is 19.9 Å². The maximum Gasteiger partial charge on any atom is 0.319 e. The van der Waals surface area contributed by atoms with Crippen molar-refractivity contribution in [3.63, 3.8) is 0 Å². The van der Waals surface area contributed by atoms with E-state index in [-0.39, 0.29) is 24.0 Å². The first kappa shape index (κ1) is 23.9. The van der Waals surface area contributed by atoms with Crippen molar-refractivity contribution in [1.82, 2.24) is 20.5 Å². The van der Waals surface area contributed by atoms with Crippen LogP contribution in [0.15, 0.2) is 36.4 Å². The number of halogens is 1. The van der Waals surface area contributed by atoms with Gasteiger partial charge in [-0.1, -0.05) is 17.7 Å². The first-order chi connectivity index (χ1) is 17.0. The van der Waals surface area contributed by atoms with Crippen molar-refractivity contribution in [3.05, 3.63) is 57.6 Å². The van der Waals surface area contributed by atoms with Gasteiger partial charge in [0.15, 0.2) is 0 Å². The van der Waals surface area contributed by atoms with E-state index >= 15 is 0 Å². The second-order valence-electron chi connectivity index (χ2n) is 9.02. The molecule has 0 bridgehead atoms. The normalized spacial score (nSPS) is 17.9. The number of para-hydroxylation sites is 1. The van der Waals surface area contributed by atoms with Crippen LogP contribution in [0.5, 0.6) is 0 Å². The number of anilines is 1. The van der Waals surface area contributed by atoms with Gasteiger partial charge in [0.2, 0.25) is 11.8 Å².